The standard InChI is InChI=1S/C27H39N3O7Si/c1-27(2,3)38(4,5)37-17-16-36-15-8-6-7-12-21(31)28-19-11-9-10-18-23(19)26(35)30(25(18)34)20-13-14-22(32)29-24(20)33/h9-11,20H,6-8,12-17H2,1-5H3,(H,28,31)(H,29,32,33). The molecule has 5 amide bonds. The van der Waals surface area contributed by atoms with Crippen molar-refractivity contribution in [3.8, 4) is 0 Å². The number of anilines is 1. The third kappa shape index (κ3) is 6.94. The maximum Gasteiger partial charge on any atom is 0.264 e. The van der Waals surface area contributed by atoms with Crippen molar-refractivity contribution >= 4 is 43.5 Å². The van der Waals surface area contributed by atoms with E-state index in [9.17, 15) is 24.0 Å². The quantitative estimate of drug-likeness (QED) is 0.233. The molecule has 1 unspecified atom stereocenters. The lowest BCUT2D eigenvalue weighted by Gasteiger charge is -2.36. The molecule has 0 radical (unpaired) electrons. The largest absolute Gasteiger partial charge is 0.414 e. The molecular formula is C27H39N3O7Si. The van der Waals surface area contributed by atoms with Crippen molar-refractivity contribution in [2.24, 2.45) is 0 Å². The van der Waals surface area contributed by atoms with E-state index >= 15 is 0 Å². The summed E-state index contributed by atoms with van der Waals surface area (Å²) in [7, 11) is -1.76. The number of nitrogens with one attached hydrogen (secondary N) is 2. The summed E-state index contributed by atoms with van der Waals surface area (Å²) in [6.07, 6.45) is 2.66. The average Bonchev–Trinajstić information content (AvgIpc) is 3.08. The van der Waals surface area contributed by atoms with Gasteiger partial charge in [-0.05, 0) is 49.5 Å². The predicted molar refractivity (Wildman–Crippen MR) is 144 cm³/mol. The molecule has 10 nitrogen and oxygen atoms in total. The minimum atomic E-state index is -1.76. The summed E-state index contributed by atoms with van der Waals surface area (Å²) in [6.45, 7) is 12.8. The van der Waals surface area contributed by atoms with Gasteiger partial charge in [0, 0.05) is 19.4 Å². The lowest BCUT2D eigenvalue weighted by molar-refractivity contribution is -0.136. The molecule has 2 aliphatic heterocycles. The highest BCUT2D eigenvalue weighted by molar-refractivity contribution is 6.74. The van der Waals surface area contributed by atoms with Crippen molar-refractivity contribution in [1.29, 1.82) is 0 Å². The van der Waals surface area contributed by atoms with E-state index in [4.69, 9.17) is 9.16 Å². The molecule has 2 heterocycles. The molecule has 2 aliphatic rings. The third-order valence-corrected chi connectivity index (χ3v) is 12.0. The first-order valence-corrected chi connectivity index (χ1v) is 16.1. The number of imide groups is 2. The molecule has 0 aromatic heterocycles. The van der Waals surface area contributed by atoms with Gasteiger partial charge in [-0.1, -0.05) is 33.3 Å². The van der Waals surface area contributed by atoms with Gasteiger partial charge >= 0.3 is 0 Å². The number of fused-ring (bicyclic) bond motifs is 1. The first kappa shape index (κ1) is 29.7. The predicted octanol–water partition coefficient (Wildman–Crippen LogP) is 3.63. The number of rotatable bonds is 12. The number of hydrogen-bond donors (Lipinski definition) is 2. The van der Waals surface area contributed by atoms with Crippen LogP contribution in [-0.2, 0) is 23.5 Å². The Morgan fingerprint density at radius 3 is 2.47 bits per heavy atom. The molecule has 1 atom stereocenters. The van der Waals surface area contributed by atoms with Crippen molar-refractivity contribution in [2.45, 2.75) is 83.5 Å². The summed E-state index contributed by atoms with van der Waals surface area (Å²) in [4.78, 5) is 63.2. The van der Waals surface area contributed by atoms with E-state index in [-0.39, 0.29) is 47.0 Å². The van der Waals surface area contributed by atoms with Crippen LogP contribution in [0.2, 0.25) is 18.1 Å². The third-order valence-electron chi connectivity index (χ3n) is 7.43. The van der Waals surface area contributed by atoms with Gasteiger partial charge in [0.25, 0.3) is 11.8 Å². The maximum atomic E-state index is 13.1. The smallest absolute Gasteiger partial charge is 0.264 e. The minimum Gasteiger partial charge on any atom is -0.414 e. The van der Waals surface area contributed by atoms with Gasteiger partial charge < -0.3 is 14.5 Å². The first-order valence-electron chi connectivity index (χ1n) is 13.2. The van der Waals surface area contributed by atoms with Crippen LogP contribution in [-0.4, -0.2) is 68.6 Å². The van der Waals surface area contributed by atoms with Crippen LogP contribution in [0.1, 0.15) is 80.0 Å². The number of carbonyl (C=O) groups excluding carboxylic acids is 5. The van der Waals surface area contributed by atoms with Crippen molar-refractivity contribution < 1.29 is 33.1 Å². The lowest BCUT2D eigenvalue weighted by atomic mass is 10.0. The Bertz CT molecular complexity index is 1100. The van der Waals surface area contributed by atoms with Gasteiger partial charge in [0.2, 0.25) is 17.7 Å². The van der Waals surface area contributed by atoms with Crippen LogP contribution in [0.5, 0.6) is 0 Å². The molecule has 3 rings (SSSR count). The van der Waals surface area contributed by atoms with Crippen LogP contribution in [0.3, 0.4) is 0 Å². The second-order valence-electron chi connectivity index (χ2n) is 11.3. The molecule has 1 aromatic rings. The van der Waals surface area contributed by atoms with Gasteiger partial charge in [-0.15, -0.1) is 0 Å². The van der Waals surface area contributed by atoms with Crippen molar-refractivity contribution in [2.75, 3.05) is 25.1 Å². The number of hydrogen-bond acceptors (Lipinski definition) is 7. The Morgan fingerprint density at radius 2 is 1.79 bits per heavy atom. The number of ether oxygens (including phenoxy) is 1. The Kier molecular flexibility index (Phi) is 9.61. The summed E-state index contributed by atoms with van der Waals surface area (Å²) in [5, 5.41) is 5.08. The monoisotopic (exact) mass is 545 g/mol. The number of piperidine rings is 1. The van der Waals surface area contributed by atoms with E-state index in [1.165, 1.54) is 6.07 Å². The molecule has 208 valence electrons. The van der Waals surface area contributed by atoms with E-state index in [0.29, 0.717) is 26.2 Å². The minimum absolute atomic E-state index is 0.0448. The first-order chi connectivity index (χ1) is 17.8. The fourth-order valence-electron chi connectivity index (χ4n) is 4.17. The highest BCUT2D eigenvalue weighted by atomic mass is 28.4. The summed E-state index contributed by atoms with van der Waals surface area (Å²) < 4.78 is 11.8. The van der Waals surface area contributed by atoms with E-state index in [1.54, 1.807) is 12.1 Å². The molecule has 1 saturated heterocycles. The van der Waals surface area contributed by atoms with E-state index in [2.05, 4.69) is 44.5 Å². The molecule has 38 heavy (non-hydrogen) atoms. The van der Waals surface area contributed by atoms with Crippen molar-refractivity contribution in [1.82, 2.24) is 10.2 Å². The highest BCUT2D eigenvalue weighted by Gasteiger charge is 2.45. The summed E-state index contributed by atoms with van der Waals surface area (Å²) in [5.74, 6) is -2.62. The van der Waals surface area contributed by atoms with Crippen molar-refractivity contribution in [3.05, 3.63) is 29.3 Å². The van der Waals surface area contributed by atoms with Crippen LogP contribution in [0.25, 0.3) is 0 Å². The zero-order valence-corrected chi connectivity index (χ0v) is 24.0. The number of unbranched alkanes of at least 4 members (excludes halogenated alkanes) is 2. The van der Waals surface area contributed by atoms with Crippen LogP contribution in [0.4, 0.5) is 5.69 Å². The highest BCUT2D eigenvalue weighted by Crippen LogP contribution is 2.36. The number of benzene rings is 1. The average molecular weight is 546 g/mol. The van der Waals surface area contributed by atoms with E-state index in [0.717, 1.165) is 17.7 Å². The Labute approximate surface area is 224 Å². The summed E-state index contributed by atoms with van der Waals surface area (Å²) >= 11 is 0. The molecular weight excluding hydrogens is 506 g/mol. The molecule has 0 aliphatic carbocycles. The van der Waals surface area contributed by atoms with Gasteiger partial charge in [0.05, 0.1) is 30.0 Å². The van der Waals surface area contributed by atoms with Crippen LogP contribution >= 0.6 is 0 Å². The second kappa shape index (κ2) is 12.3. The summed E-state index contributed by atoms with van der Waals surface area (Å²) in [6, 6.07) is 3.59. The lowest BCUT2D eigenvalue weighted by Crippen LogP contribution is -2.54. The zero-order chi connectivity index (χ0) is 28.1. The molecule has 11 heteroatoms. The fourth-order valence-corrected chi connectivity index (χ4v) is 5.20. The molecule has 2 N–H and O–H groups in total. The van der Waals surface area contributed by atoms with Crippen LogP contribution in [0, 0.1) is 0 Å². The number of amides is 5. The molecule has 0 saturated carbocycles. The summed E-state index contributed by atoms with van der Waals surface area (Å²) in [5.41, 5.74) is 0.446. The van der Waals surface area contributed by atoms with Gasteiger partial charge in [0.1, 0.15) is 6.04 Å². The molecule has 1 fully saturated rings. The Hall–Kier alpha value is -2.89. The topological polar surface area (TPSA) is 131 Å². The Morgan fingerprint density at radius 1 is 1.05 bits per heavy atom. The van der Waals surface area contributed by atoms with Crippen molar-refractivity contribution in [3.63, 3.8) is 0 Å². The Balaban J connectivity index is 1.42. The normalized spacial score (nSPS) is 18.0. The van der Waals surface area contributed by atoms with Crippen LogP contribution < -0.4 is 10.6 Å². The molecule has 1 aromatic carbocycles. The SMILES string of the molecule is CC(C)(C)[Si](C)(C)OCCOCCCCCC(=O)Nc1cccc2c1C(=O)N(C1CCC(=O)NC1=O)C2=O. The maximum absolute atomic E-state index is 13.1. The fraction of sp³-hybridized carbons (Fsp3) is 0.593. The number of nitrogens with zero attached hydrogens (tertiary/aromatic N) is 1. The van der Waals surface area contributed by atoms with Gasteiger partial charge in [0.15, 0.2) is 8.32 Å². The van der Waals surface area contributed by atoms with Gasteiger partial charge in [-0.3, -0.25) is 34.2 Å². The van der Waals surface area contributed by atoms with Crippen LogP contribution in [0.15, 0.2) is 18.2 Å². The van der Waals surface area contributed by atoms with Gasteiger partial charge in [-0.2, -0.15) is 0 Å². The zero-order valence-electron chi connectivity index (χ0n) is 23.0. The number of carbonyl (C=O) groups is 5. The van der Waals surface area contributed by atoms with E-state index < -0.39 is 38.0 Å². The van der Waals surface area contributed by atoms with Gasteiger partial charge in [-0.25, -0.2) is 0 Å². The van der Waals surface area contributed by atoms with E-state index in [1.807, 2.05) is 0 Å². The molecule has 0 bridgehead atoms. The molecule has 0 spiro atoms. The second-order valence-corrected chi connectivity index (χ2v) is 16.1.